The van der Waals surface area contributed by atoms with Gasteiger partial charge < -0.3 is 14.2 Å². The van der Waals surface area contributed by atoms with Gasteiger partial charge in [-0.15, -0.1) is 0 Å². The van der Waals surface area contributed by atoms with Crippen molar-refractivity contribution >= 4 is 46.0 Å². The van der Waals surface area contributed by atoms with Crippen molar-refractivity contribution in [1.82, 2.24) is 0 Å². The number of carbonyl (C=O) groups excluding carboxylic acids is 1. The van der Waals surface area contributed by atoms with Crippen LogP contribution in [0.15, 0.2) is 41.3 Å². The molecule has 0 bridgehead atoms. The molecule has 0 unspecified atom stereocenters. The number of thioether (sulfide) groups is 1. The first-order valence-electron chi connectivity index (χ1n) is 7.82. The topological polar surface area (TPSA) is 48.0 Å². The number of thiocarbonyl (C=S) groups is 1. The van der Waals surface area contributed by atoms with Gasteiger partial charge in [0.2, 0.25) is 5.75 Å². The molecule has 27 heavy (non-hydrogen) atoms. The fourth-order valence-electron chi connectivity index (χ4n) is 2.64. The lowest BCUT2D eigenvalue weighted by molar-refractivity contribution is -0.113. The summed E-state index contributed by atoms with van der Waals surface area (Å²) in [6.45, 7) is 0. The van der Waals surface area contributed by atoms with E-state index in [2.05, 4.69) is 0 Å². The molecule has 0 radical (unpaired) electrons. The van der Waals surface area contributed by atoms with Crippen LogP contribution in [0.25, 0.3) is 6.08 Å². The molecule has 8 heteroatoms. The fraction of sp³-hybridized carbons (Fsp3) is 0.158. The first-order valence-corrected chi connectivity index (χ1v) is 9.04. The Balaban J connectivity index is 1.99. The minimum atomic E-state index is -0.435. The van der Waals surface area contributed by atoms with E-state index in [1.165, 1.54) is 44.4 Å². The molecule has 1 aliphatic rings. The number of methoxy groups -OCH3 is 3. The lowest BCUT2D eigenvalue weighted by Gasteiger charge is -2.14. The SMILES string of the molecule is COc1cc(/C=C2\SC(=S)N(c3cccc(F)c3)C2=O)cc(OC)c1OC. The maximum absolute atomic E-state index is 13.5. The van der Waals surface area contributed by atoms with Crippen LogP contribution >= 0.6 is 24.0 Å². The highest BCUT2D eigenvalue weighted by molar-refractivity contribution is 8.27. The zero-order valence-corrected chi connectivity index (χ0v) is 16.4. The standard InChI is InChI=1S/C19H16FNO4S2/c1-23-14-7-11(8-15(24-2)17(14)25-3)9-16-18(22)21(19(26)27-16)13-6-4-5-12(20)10-13/h4-10H,1-3H3/b16-9-. The largest absolute Gasteiger partial charge is 0.493 e. The van der Waals surface area contributed by atoms with Gasteiger partial charge in [-0.25, -0.2) is 4.39 Å². The van der Waals surface area contributed by atoms with Gasteiger partial charge in [0.25, 0.3) is 5.91 Å². The van der Waals surface area contributed by atoms with Gasteiger partial charge in [0, 0.05) is 0 Å². The van der Waals surface area contributed by atoms with Gasteiger partial charge in [0.15, 0.2) is 15.8 Å². The molecule has 3 rings (SSSR count). The summed E-state index contributed by atoms with van der Waals surface area (Å²) in [6, 6.07) is 9.22. The van der Waals surface area contributed by atoms with Crippen molar-refractivity contribution < 1.29 is 23.4 Å². The van der Waals surface area contributed by atoms with Gasteiger partial charge in [-0.1, -0.05) is 30.0 Å². The van der Waals surface area contributed by atoms with E-state index < -0.39 is 5.82 Å². The van der Waals surface area contributed by atoms with E-state index in [1.807, 2.05) is 0 Å². The van der Waals surface area contributed by atoms with Crippen LogP contribution in [-0.2, 0) is 4.79 Å². The predicted octanol–water partition coefficient (Wildman–Crippen LogP) is 4.26. The molecule has 2 aromatic carbocycles. The van der Waals surface area contributed by atoms with E-state index in [1.54, 1.807) is 24.3 Å². The summed E-state index contributed by atoms with van der Waals surface area (Å²) in [5.41, 5.74) is 1.08. The molecule has 0 aromatic heterocycles. The molecule has 0 spiro atoms. The van der Waals surface area contributed by atoms with Crippen molar-refractivity contribution in [2.75, 3.05) is 26.2 Å². The van der Waals surface area contributed by atoms with Crippen molar-refractivity contribution in [1.29, 1.82) is 0 Å². The van der Waals surface area contributed by atoms with Gasteiger partial charge >= 0.3 is 0 Å². The Hall–Kier alpha value is -2.58. The lowest BCUT2D eigenvalue weighted by Crippen LogP contribution is -2.27. The Labute approximate surface area is 165 Å². The normalized spacial score (nSPS) is 15.4. The van der Waals surface area contributed by atoms with Crippen LogP contribution in [-0.4, -0.2) is 31.6 Å². The number of hydrogen-bond donors (Lipinski definition) is 0. The first-order chi connectivity index (χ1) is 13.0. The summed E-state index contributed by atoms with van der Waals surface area (Å²) < 4.78 is 29.8. The molecule has 1 heterocycles. The summed E-state index contributed by atoms with van der Waals surface area (Å²) in [5.74, 6) is 0.663. The Morgan fingerprint density at radius 2 is 1.74 bits per heavy atom. The molecule has 1 saturated heterocycles. The first kappa shape index (κ1) is 19.2. The van der Waals surface area contributed by atoms with Gasteiger partial charge in [-0.2, -0.15) is 0 Å². The molecule has 0 atom stereocenters. The van der Waals surface area contributed by atoms with Crippen molar-refractivity contribution in [3.8, 4) is 17.2 Å². The van der Waals surface area contributed by atoms with Crippen molar-refractivity contribution in [2.24, 2.45) is 0 Å². The molecule has 1 aliphatic heterocycles. The Kier molecular flexibility index (Phi) is 5.67. The molecule has 0 saturated carbocycles. The van der Waals surface area contributed by atoms with E-state index in [4.69, 9.17) is 26.4 Å². The lowest BCUT2D eigenvalue weighted by atomic mass is 10.1. The van der Waals surface area contributed by atoms with Crippen LogP contribution in [0.1, 0.15) is 5.56 Å². The monoisotopic (exact) mass is 405 g/mol. The molecule has 140 valence electrons. The van der Waals surface area contributed by atoms with Crippen molar-refractivity contribution in [2.45, 2.75) is 0 Å². The van der Waals surface area contributed by atoms with Crippen LogP contribution < -0.4 is 19.1 Å². The number of halogens is 1. The third-order valence-corrected chi connectivity index (χ3v) is 5.15. The van der Waals surface area contributed by atoms with Crippen LogP contribution in [0, 0.1) is 5.82 Å². The van der Waals surface area contributed by atoms with Gasteiger partial charge in [-0.3, -0.25) is 9.69 Å². The van der Waals surface area contributed by atoms with Crippen molar-refractivity contribution in [3.63, 3.8) is 0 Å². The number of carbonyl (C=O) groups is 1. The summed E-state index contributed by atoms with van der Waals surface area (Å²) in [4.78, 5) is 14.5. The minimum absolute atomic E-state index is 0.315. The second kappa shape index (κ2) is 7.98. The Morgan fingerprint density at radius 1 is 1.07 bits per heavy atom. The smallest absolute Gasteiger partial charge is 0.270 e. The number of rotatable bonds is 5. The number of nitrogens with zero attached hydrogens (tertiary/aromatic N) is 1. The zero-order chi connectivity index (χ0) is 19.6. The number of ether oxygens (including phenoxy) is 3. The van der Waals surface area contributed by atoms with Crippen molar-refractivity contribution in [3.05, 3.63) is 52.7 Å². The average molecular weight is 405 g/mol. The zero-order valence-electron chi connectivity index (χ0n) is 14.8. The second-order valence-corrected chi connectivity index (χ2v) is 7.13. The molecule has 0 N–H and O–H groups in total. The highest BCUT2D eigenvalue weighted by atomic mass is 32.2. The molecule has 5 nitrogen and oxygen atoms in total. The molecule has 2 aromatic rings. The number of benzene rings is 2. The van der Waals surface area contributed by atoms with Crippen LogP contribution in [0.4, 0.5) is 10.1 Å². The maximum Gasteiger partial charge on any atom is 0.270 e. The second-order valence-electron chi connectivity index (χ2n) is 5.46. The van der Waals surface area contributed by atoms with E-state index >= 15 is 0 Å². The van der Waals surface area contributed by atoms with E-state index in [9.17, 15) is 9.18 Å². The highest BCUT2D eigenvalue weighted by Gasteiger charge is 2.33. The third-order valence-electron chi connectivity index (χ3n) is 3.84. The van der Waals surface area contributed by atoms with E-state index in [0.29, 0.717) is 37.7 Å². The molecule has 0 aliphatic carbocycles. The Morgan fingerprint density at radius 3 is 2.30 bits per heavy atom. The maximum atomic E-state index is 13.5. The Bertz CT molecular complexity index is 920. The summed E-state index contributed by atoms with van der Waals surface area (Å²) in [7, 11) is 4.55. The number of hydrogen-bond acceptors (Lipinski definition) is 6. The molecular formula is C19H16FNO4S2. The van der Waals surface area contributed by atoms with Gasteiger partial charge in [0.1, 0.15) is 5.82 Å². The summed E-state index contributed by atoms with van der Waals surface area (Å²) in [6.07, 6.45) is 1.68. The number of anilines is 1. The van der Waals surface area contributed by atoms with Crippen LogP contribution in [0.5, 0.6) is 17.2 Å². The molecular weight excluding hydrogens is 389 g/mol. The van der Waals surface area contributed by atoms with Crippen LogP contribution in [0.3, 0.4) is 0 Å². The third kappa shape index (κ3) is 3.77. The molecule has 1 amide bonds. The van der Waals surface area contributed by atoms with E-state index in [-0.39, 0.29) is 5.91 Å². The average Bonchev–Trinajstić information content (AvgIpc) is 2.94. The number of amides is 1. The quantitative estimate of drug-likeness (QED) is 0.547. The minimum Gasteiger partial charge on any atom is -0.493 e. The van der Waals surface area contributed by atoms with Crippen LogP contribution in [0.2, 0.25) is 0 Å². The fourth-order valence-corrected chi connectivity index (χ4v) is 3.94. The van der Waals surface area contributed by atoms with Gasteiger partial charge in [0.05, 0.1) is 31.9 Å². The molecule has 1 fully saturated rings. The predicted molar refractivity (Wildman–Crippen MR) is 108 cm³/mol. The van der Waals surface area contributed by atoms with E-state index in [0.717, 1.165) is 11.8 Å². The van der Waals surface area contributed by atoms with Gasteiger partial charge in [-0.05, 0) is 42.0 Å². The summed E-state index contributed by atoms with van der Waals surface area (Å²) >= 11 is 6.46. The highest BCUT2D eigenvalue weighted by Crippen LogP contribution is 2.41. The summed E-state index contributed by atoms with van der Waals surface area (Å²) in [5, 5.41) is 0.